The molecule has 0 unspecified atom stereocenters. The van der Waals surface area contributed by atoms with Crippen molar-refractivity contribution >= 4 is 43.3 Å². The predicted molar refractivity (Wildman–Crippen MR) is 81.2 cm³/mol. The number of hydrazine groups is 2. The van der Waals surface area contributed by atoms with E-state index in [9.17, 15) is 21.6 Å². The molecule has 0 radical (unpaired) electrons. The number of methoxy groups -OCH3 is 1. The Hall–Kier alpha value is -1.40. The summed E-state index contributed by atoms with van der Waals surface area (Å²) in [6.45, 7) is 0. The zero-order valence-electron chi connectivity index (χ0n) is 11.8. The van der Waals surface area contributed by atoms with Crippen molar-refractivity contribution in [1.82, 2.24) is 9.66 Å². The highest BCUT2D eigenvalue weighted by Crippen LogP contribution is 2.24. The van der Waals surface area contributed by atoms with Gasteiger partial charge in [0.25, 0.3) is 0 Å². The summed E-state index contributed by atoms with van der Waals surface area (Å²) in [5, 5.41) is 0.760. The Morgan fingerprint density at radius 1 is 1.14 bits per heavy atom. The number of rotatable bonds is 6. The third kappa shape index (κ3) is 5.77. The van der Waals surface area contributed by atoms with Gasteiger partial charge in [0.05, 0.1) is 30.9 Å². The number of hydrogen-bond donors (Lipinski definition) is 2. The summed E-state index contributed by atoms with van der Waals surface area (Å²) < 4.78 is 50.1. The molecule has 0 aliphatic rings. The van der Waals surface area contributed by atoms with Crippen LogP contribution in [0.3, 0.4) is 0 Å². The van der Waals surface area contributed by atoms with Gasteiger partial charge >= 0.3 is 5.97 Å². The number of hydrogen-bond acceptors (Lipinski definition) is 7. The van der Waals surface area contributed by atoms with Gasteiger partial charge < -0.3 is 4.74 Å². The van der Waals surface area contributed by atoms with Gasteiger partial charge in [-0.3, -0.25) is 0 Å². The van der Waals surface area contributed by atoms with E-state index in [-0.39, 0.29) is 16.3 Å². The molecular weight excluding hydrogens is 358 g/mol. The summed E-state index contributed by atoms with van der Waals surface area (Å²) in [7, 11) is -6.56. The standard InChI is InChI=1S/C10H14ClN3O6S2/c1-20-10(15)8-6-7(11)4-5-9(8)14(12-21(2,16)17)13-22(3,18)19/h4-6,12-13H,1-3H3. The van der Waals surface area contributed by atoms with E-state index in [1.165, 1.54) is 18.2 Å². The third-order valence-corrected chi connectivity index (χ3v) is 3.38. The van der Waals surface area contributed by atoms with Crippen LogP contribution in [0.25, 0.3) is 0 Å². The molecule has 0 amide bonds. The fraction of sp³-hybridized carbons (Fsp3) is 0.300. The first-order chi connectivity index (χ1) is 9.93. The Balaban J connectivity index is 3.44. The average Bonchev–Trinajstić information content (AvgIpc) is 2.33. The van der Waals surface area contributed by atoms with Crippen molar-refractivity contribution in [2.45, 2.75) is 0 Å². The minimum atomic E-state index is -3.84. The molecule has 0 bridgehead atoms. The molecule has 1 aromatic carbocycles. The number of nitrogens with one attached hydrogen (secondary N) is 2. The maximum atomic E-state index is 11.8. The van der Waals surface area contributed by atoms with Crippen LogP contribution in [0, 0.1) is 0 Å². The molecule has 124 valence electrons. The Morgan fingerprint density at radius 3 is 2.05 bits per heavy atom. The van der Waals surface area contributed by atoms with Gasteiger partial charge in [-0.25, -0.2) is 26.7 Å². The molecule has 0 heterocycles. The fourth-order valence-electron chi connectivity index (χ4n) is 1.43. The fourth-order valence-corrected chi connectivity index (χ4v) is 2.61. The summed E-state index contributed by atoms with van der Waals surface area (Å²) in [4.78, 5) is 15.6. The molecule has 1 aromatic rings. The molecule has 12 heteroatoms. The van der Waals surface area contributed by atoms with Crippen LogP contribution in [0.5, 0.6) is 0 Å². The van der Waals surface area contributed by atoms with E-state index in [4.69, 9.17) is 11.6 Å². The van der Waals surface area contributed by atoms with Crippen LogP contribution in [-0.2, 0) is 24.8 Å². The number of benzene rings is 1. The summed E-state index contributed by atoms with van der Waals surface area (Å²) in [5.41, 5.74) is -0.241. The Kier molecular flexibility index (Phi) is 5.76. The van der Waals surface area contributed by atoms with E-state index in [2.05, 4.69) is 4.74 Å². The molecule has 0 aliphatic carbocycles. The highest BCUT2D eigenvalue weighted by atomic mass is 35.5. The zero-order valence-corrected chi connectivity index (χ0v) is 14.2. The van der Waals surface area contributed by atoms with Crippen molar-refractivity contribution in [3.05, 3.63) is 28.8 Å². The normalized spacial score (nSPS) is 12.0. The molecule has 9 nitrogen and oxygen atoms in total. The minimum absolute atomic E-state index is 0.105. The van der Waals surface area contributed by atoms with Crippen LogP contribution in [0.1, 0.15) is 10.4 Å². The monoisotopic (exact) mass is 371 g/mol. The van der Waals surface area contributed by atoms with Gasteiger partial charge in [0.1, 0.15) is 0 Å². The molecular formula is C10H14ClN3O6S2. The molecule has 0 saturated carbocycles. The van der Waals surface area contributed by atoms with E-state index in [0.717, 1.165) is 19.6 Å². The summed E-state index contributed by atoms with van der Waals surface area (Å²) in [6.07, 6.45) is 1.63. The lowest BCUT2D eigenvalue weighted by Gasteiger charge is -2.25. The number of ether oxygens (including phenoxy) is 1. The Labute approximate surface area is 133 Å². The summed E-state index contributed by atoms with van der Waals surface area (Å²) in [5.74, 6) is -0.826. The molecule has 0 atom stereocenters. The van der Waals surface area contributed by atoms with E-state index in [1.807, 2.05) is 9.66 Å². The second-order valence-corrected chi connectivity index (χ2v) is 8.11. The van der Waals surface area contributed by atoms with Gasteiger partial charge in [0.2, 0.25) is 20.0 Å². The maximum Gasteiger partial charge on any atom is 0.340 e. The smallest absolute Gasteiger partial charge is 0.340 e. The molecule has 2 N–H and O–H groups in total. The van der Waals surface area contributed by atoms with Crippen molar-refractivity contribution in [3.8, 4) is 0 Å². The van der Waals surface area contributed by atoms with Crippen LogP contribution in [0.2, 0.25) is 5.02 Å². The van der Waals surface area contributed by atoms with E-state index in [1.54, 1.807) is 0 Å². The van der Waals surface area contributed by atoms with Crippen molar-refractivity contribution in [2.24, 2.45) is 0 Å². The molecule has 0 saturated heterocycles. The van der Waals surface area contributed by atoms with Gasteiger partial charge in [-0.05, 0) is 18.2 Å². The first kappa shape index (κ1) is 18.6. The Bertz CT molecular complexity index is 744. The van der Waals surface area contributed by atoms with Crippen LogP contribution >= 0.6 is 11.6 Å². The van der Waals surface area contributed by atoms with Crippen LogP contribution in [0.4, 0.5) is 5.69 Å². The van der Waals surface area contributed by atoms with Crippen LogP contribution in [-0.4, -0.2) is 42.4 Å². The van der Waals surface area contributed by atoms with Crippen molar-refractivity contribution in [3.63, 3.8) is 0 Å². The molecule has 1 rings (SSSR count). The number of halogens is 1. The number of anilines is 1. The minimum Gasteiger partial charge on any atom is -0.465 e. The van der Waals surface area contributed by atoms with Gasteiger partial charge in [-0.15, -0.1) is 9.66 Å². The topological polar surface area (TPSA) is 122 Å². The lowest BCUT2D eigenvalue weighted by Crippen LogP contribution is -2.53. The number of carbonyl (C=O) groups is 1. The van der Waals surface area contributed by atoms with Crippen LogP contribution < -0.4 is 14.8 Å². The van der Waals surface area contributed by atoms with Crippen LogP contribution in [0.15, 0.2) is 18.2 Å². The summed E-state index contributed by atoms with van der Waals surface area (Å²) in [6, 6.07) is 3.82. The highest BCUT2D eigenvalue weighted by molar-refractivity contribution is 7.89. The molecule has 0 aromatic heterocycles. The SMILES string of the molecule is COC(=O)c1cc(Cl)ccc1N(NS(C)(=O)=O)NS(C)(=O)=O. The predicted octanol–water partition coefficient (Wildman–Crippen LogP) is -0.139. The number of sulfonamides is 2. The number of esters is 1. The lowest BCUT2D eigenvalue weighted by atomic mass is 10.2. The highest BCUT2D eigenvalue weighted by Gasteiger charge is 2.22. The van der Waals surface area contributed by atoms with Gasteiger partial charge in [-0.1, -0.05) is 11.6 Å². The quantitative estimate of drug-likeness (QED) is 0.527. The molecule has 0 aliphatic heterocycles. The second kappa shape index (κ2) is 6.79. The van der Waals surface area contributed by atoms with E-state index in [0.29, 0.717) is 5.12 Å². The number of nitrogens with zero attached hydrogens (tertiary/aromatic N) is 1. The molecule has 0 spiro atoms. The van der Waals surface area contributed by atoms with Crippen molar-refractivity contribution in [2.75, 3.05) is 24.7 Å². The summed E-state index contributed by atoms with van der Waals surface area (Å²) >= 11 is 5.79. The average molecular weight is 372 g/mol. The lowest BCUT2D eigenvalue weighted by molar-refractivity contribution is 0.0601. The second-order valence-electron chi connectivity index (χ2n) is 4.22. The third-order valence-electron chi connectivity index (χ3n) is 2.12. The van der Waals surface area contributed by atoms with Gasteiger partial charge in [0, 0.05) is 5.02 Å². The Morgan fingerprint density at radius 2 is 1.64 bits per heavy atom. The van der Waals surface area contributed by atoms with E-state index < -0.39 is 26.0 Å². The largest absolute Gasteiger partial charge is 0.465 e. The van der Waals surface area contributed by atoms with Gasteiger partial charge in [-0.2, -0.15) is 0 Å². The molecule has 0 fully saturated rings. The van der Waals surface area contributed by atoms with Crippen molar-refractivity contribution in [1.29, 1.82) is 0 Å². The maximum absolute atomic E-state index is 11.8. The first-order valence-electron chi connectivity index (χ1n) is 5.56. The number of carbonyl (C=O) groups excluding carboxylic acids is 1. The first-order valence-corrected chi connectivity index (χ1v) is 9.72. The van der Waals surface area contributed by atoms with E-state index >= 15 is 0 Å². The van der Waals surface area contributed by atoms with Gasteiger partial charge in [0.15, 0.2) is 0 Å². The molecule has 22 heavy (non-hydrogen) atoms. The van der Waals surface area contributed by atoms with Crippen molar-refractivity contribution < 1.29 is 26.4 Å². The zero-order chi connectivity index (χ0) is 17.1.